The van der Waals surface area contributed by atoms with E-state index in [-0.39, 0.29) is 5.41 Å². The van der Waals surface area contributed by atoms with Crippen LogP contribution in [0.1, 0.15) is 25.0 Å². The lowest BCUT2D eigenvalue weighted by molar-refractivity contribution is 0.661. The average Bonchev–Trinajstić information content (AvgIpc) is 3.86. The van der Waals surface area contributed by atoms with Gasteiger partial charge in [0, 0.05) is 59.0 Å². The molecule has 12 rings (SSSR count). The van der Waals surface area contributed by atoms with Gasteiger partial charge in [0.15, 0.2) is 23.3 Å². The fourth-order valence-corrected chi connectivity index (χ4v) is 10.6. The maximum atomic E-state index is 5.16. The quantitative estimate of drug-likeness (QED) is 0.160. The molecule has 3 heterocycles. The molecule has 0 fully saturated rings. The Balaban J connectivity index is 0.951. The van der Waals surface area contributed by atoms with Gasteiger partial charge < -0.3 is 0 Å². The van der Waals surface area contributed by atoms with Crippen LogP contribution in [0.4, 0.5) is 0 Å². The van der Waals surface area contributed by atoms with Gasteiger partial charge in [0.25, 0.3) is 0 Å². The highest BCUT2D eigenvalue weighted by molar-refractivity contribution is 7.26. The van der Waals surface area contributed by atoms with Crippen LogP contribution in [0.2, 0.25) is 0 Å². The molecule has 1 aliphatic rings. The second kappa shape index (κ2) is 15.2. The number of fused-ring (bicyclic) bond motifs is 6. The lowest BCUT2D eigenvalue weighted by Crippen LogP contribution is -2.15. The van der Waals surface area contributed by atoms with Crippen molar-refractivity contribution in [3.63, 3.8) is 0 Å². The first-order chi connectivity index (χ1) is 31.5. The predicted molar refractivity (Wildman–Crippen MR) is 264 cm³/mol. The second-order valence-electron chi connectivity index (χ2n) is 16.8. The smallest absolute Gasteiger partial charge is 0.165 e. The van der Waals surface area contributed by atoms with Gasteiger partial charge >= 0.3 is 0 Å². The highest BCUT2D eigenvalue weighted by atomic mass is 32.1. The summed E-state index contributed by atoms with van der Waals surface area (Å²) in [6.07, 6.45) is 0. The van der Waals surface area contributed by atoms with Gasteiger partial charge in [-0.1, -0.05) is 184 Å². The van der Waals surface area contributed by atoms with Crippen LogP contribution in [0.3, 0.4) is 0 Å². The first-order valence-electron chi connectivity index (χ1n) is 21.6. The molecule has 5 nitrogen and oxygen atoms in total. The molecule has 0 amide bonds. The molecule has 8 aromatic carbocycles. The number of hydrogen-bond acceptors (Lipinski definition) is 6. The SMILES string of the molecule is CC1(C)c2cc(-c3cc(-c4ccccc4)nc(-c4ccccc4)n3)ccc2-c2ccc(-c3cccc4sc5c(-c6nc(-c7ccccc7)nc(-c7ccccc7)n6)cccc5c34)cc21. The lowest BCUT2D eigenvalue weighted by Gasteiger charge is -2.23. The Labute approximate surface area is 375 Å². The zero-order valence-electron chi connectivity index (χ0n) is 35.2. The highest BCUT2D eigenvalue weighted by Crippen LogP contribution is 2.52. The minimum absolute atomic E-state index is 0.252. The Morgan fingerprint density at radius 1 is 0.344 bits per heavy atom. The summed E-state index contributed by atoms with van der Waals surface area (Å²) in [5.41, 5.74) is 15.2. The fraction of sp³-hybridized carbons (Fsp3) is 0.0517. The van der Waals surface area contributed by atoms with Crippen LogP contribution < -0.4 is 0 Å². The van der Waals surface area contributed by atoms with Gasteiger partial charge in [0.1, 0.15) is 0 Å². The Hall–Kier alpha value is -7.93. The van der Waals surface area contributed by atoms with Crippen LogP contribution in [0.5, 0.6) is 0 Å². The Kier molecular flexibility index (Phi) is 8.95. The molecule has 6 heteroatoms. The van der Waals surface area contributed by atoms with Crippen LogP contribution >= 0.6 is 11.3 Å². The van der Waals surface area contributed by atoms with Crippen LogP contribution in [0.15, 0.2) is 200 Å². The molecule has 1 aliphatic carbocycles. The Morgan fingerprint density at radius 2 is 0.812 bits per heavy atom. The van der Waals surface area contributed by atoms with E-state index in [4.69, 9.17) is 24.9 Å². The average molecular weight is 838 g/mol. The van der Waals surface area contributed by atoms with E-state index >= 15 is 0 Å². The summed E-state index contributed by atoms with van der Waals surface area (Å²) >= 11 is 1.80. The van der Waals surface area contributed by atoms with Gasteiger partial charge in [-0.2, -0.15) is 0 Å². The highest BCUT2D eigenvalue weighted by Gasteiger charge is 2.36. The summed E-state index contributed by atoms with van der Waals surface area (Å²) < 4.78 is 2.38. The molecule has 64 heavy (non-hydrogen) atoms. The van der Waals surface area contributed by atoms with E-state index in [0.29, 0.717) is 23.3 Å². The summed E-state index contributed by atoms with van der Waals surface area (Å²) in [5.74, 6) is 2.69. The third kappa shape index (κ3) is 6.42. The Bertz CT molecular complexity index is 3450. The molecule has 0 unspecified atom stereocenters. The molecule has 0 N–H and O–H groups in total. The van der Waals surface area contributed by atoms with Crippen molar-refractivity contribution in [2.24, 2.45) is 0 Å². The van der Waals surface area contributed by atoms with E-state index in [1.54, 1.807) is 11.3 Å². The van der Waals surface area contributed by atoms with Crippen LogP contribution in [-0.2, 0) is 5.41 Å². The van der Waals surface area contributed by atoms with E-state index in [1.807, 2.05) is 60.7 Å². The van der Waals surface area contributed by atoms with Gasteiger partial charge in [-0.15, -0.1) is 11.3 Å². The van der Waals surface area contributed by atoms with Gasteiger partial charge in [-0.25, -0.2) is 24.9 Å². The monoisotopic (exact) mass is 837 g/mol. The molecular weight excluding hydrogens is 799 g/mol. The molecule has 0 atom stereocenters. The van der Waals surface area contributed by atoms with Crippen molar-refractivity contribution in [1.29, 1.82) is 0 Å². The normalized spacial score (nSPS) is 12.7. The number of nitrogens with zero attached hydrogens (tertiary/aromatic N) is 5. The van der Waals surface area contributed by atoms with E-state index in [1.165, 1.54) is 48.9 Å². The van der Waals surface area contributed by atoms with Crippen molar-refractivity contribution in [3.05, 3.63) is 211 Å². The molecule has 0 saturated heterocycles. The van der Waals surface area contributed by atoms with Crippen molar-refractivity contribution < 1.29 is 0 Å². The Morgan fingerprint density at radius 3 is 1.41 bits per heavy atom. The van der Waals surface area contributed by atoms with Gasteiger partial charge in [-0.05, 0) is 63.7 Å². The largest absolute Gasteiger partial charge is 0.228 e. The zero-order valence-corrected chi connectivity index (χ0v) is 36.0. The number of rotatable bonds is 7. The molecule has 0 radical (unpaired) electrons. The fourth-order valence-electron chi connectivity index (χ4n) is 9.33. The summed E-state index contributed by atoms with van der Waals surface area (Å²) in [6.45, 7) is 4.70. The summed E-state index contributed by atoms with van der Waals surface area (Å²) in [5, 5.41) is 2.44. The lowest BCUT2D eigenvalue weighted by atomic mass is 9.81. The van der Waals surface area contributed by atoms with Gasteiger partial charge in [-0.3, -0.25) is 0 Å². The van der Waals surface area contributed by atoms with E-state index < -0.39 is 0 Å². The van der Waals surface area contributed by atoms with Crippen LogP contribution in [0.25, 0.3) is 110 Å². The van der Waals surface area contributed by atoms with Crippen molar-refractivity contribution >= 4 is 31.5 Å². The van der Waals surface area contributed by atoms with E-state index in [0.717, 1.165) is 49.5 Å². The molecule has 0 spiro atoms. The molecular formula is C58H39N5S. The van der Waals surface area contributed by atoms with E-state index in [2.05, 4.69) is 153 Å². The van der Waals surface area contributed by atoms with E-state index in [9.17, 15) is 0 Å². The van der Waals surface area contributed by atoms with Crippen LogP contribution in [0, 0.1) is 0 Å². The van der Waals surface area contributed by atoms with Gasteiger partial charge in [0.05, 0.1) is 11.4 Å². The third-order valence-corrected chi connectivity index (χ3v) is 13.8. The number of benzene rings is 8. The second-order valence-corrected chi connectivity index (χ2v) is 17.9. The molecule has 11 aromatic rings. The predicted octanol–water partition coefficient (Wildman–Crippen LogP) is 15.0. The number of thiophene rings is 1. The minimum Gasteiger partial charge on any atom is -0.228 e. The summed E-state index contributed by atoms with van der Waals surface area (Å²) in [7, 11) is 0. The molecule has 0 aliphatic heterocycles. The maximum Gasteiger partial charge on any atom is 0.165 e. The third-order valence-electron chi connectivity index (χ3n) is 12.6. The molecule has 0 saturated carbocycles. The van der Waals surface area contributed by atoms with Crippen LogP contribution in [-0.4, -0.2) is 24.9 Å². The summed E-state index contributed by atoms with van der Waals surface area (Å²) in [6, 6.07) is 70.2. The number of aromatic nitrogens is 5. The van der Waals surface area contributed by atoms with Crippen molar-refractivity contribution in [2.75, 3.05) is 0 Å². The zero-order chi connectivity index (χ0) is 42.8. The first-order valence-corrected chi connectivity index (χ1v) is 22.4. The van der Waals surface area contributed by atoms with Crippen molar-refractivity contribution in [2.45, 2.75) is 19.3 Å². The van der Waals surface area contributed by atoms with Gasteiger partial charge in [0.2, 0.25) is 0 Å². The first kappa shape index (κ1) is 37.8. The topological polar surface area (TPSA) is 64.5 Å². The molecule has 302 valence electrons. The minimum atomic E-state index is -0.252. The molecule has 3 aromatic heterocycles. The maximum absolute atomic E-state index is 5.16. The summed E-state index contributed by atoms with van der Waals surface area (Å²) in [4.78, 5) is 25.4. The van der Waals surface area contributed by atoms with Crippen molar-refractivity contribution in [1.82, 2.24) is 24.9 Å². The number of hydrogen-bond donors (Lipinski definition) is 0. The van der Waals surface area contributed by atoms with Crippen molar-refractivity contribution in [3.8, 4) is 90.3 Å². The molecule has 0 bridgehead atoms. The standard InChI is InChI=1S/C58H39N5S/c1-58(2)47-33-40(29-31-43(47)44-32-30-41(34-48(44)58)50-35-49(36-17-7-3-8-18-36)59-54(60-50)37-19-9-4-10-20-37)42-25-16-28-51-52(42)45-26-15-27-46(53(45)64-51)57-62-55(38-21-11-5-12-22-38)61-56(63-57)39-23-13-6-14-24-39/h3-35H,1-2H3.